The van der Waals surface area contributed by atoms with Gasteiger partial charge in [-0.2, -0.15) is 0 Å². The number of carbonyl (C=O) groups is 3. The Morgan fingerprint density at radius 3 is 2.15 bits per heavy atom. The monoisotopic (exact) mass is 372 g/mol. The number of hydrogen-bond donors (Lipinski definition) is 4. The van der Waals surface area contributed by atoms with E-state index >= 15 is 0 Å². The largest absolute Gasteiger partial charge is 0.481 e. The van der Waals surface area contributed by atoms with Gasteiger partial charge in [-0.05, 0) is 50.6 Å². The van der Waals surface area contributed by atoms with Gasteiger partial charge in [-0.15, -0.1) is 0 Å². The van der Waals surface area contributed by atoms with E-state index in [1.165, 1.54) is 12.1 Å². The second kappa shape index (κ2) is 8.75. The molecule has 9 nitrogen and oxygen atoms in total. The Kier molecular flexibility index (Phi) is 6.42. The van der Waals surface area contributed by atoms with Gasteiger partial charge in [0.1, 0.15) is 6.04 Å². The number of nitrogens with zero attached hydrogens (tertiary/aromatic N) is 2. The Labute approximate surface area is 155 Å². The molecule has 0 radical (unpaired) electrons. The number of hydrogen-bond acceptors (Lipinski definition) is 6. The fourth-order valence-electron chi connectivity index (χ4n) is 2.38. The van der Waals surface area contributed by atoms with E-state index in [0.29, 0.717) is 11.6 Å². The van der Waals surface area contributed by atoms with Gasteiger partial charge in [0.05, 0.1) is 0 Å². The lowest BCUT2D eigenvalue weighted by Crippen LogP contribution is -2.41. The van der Waals surface area contributed by atoms with E-state index in [4.69, 9.17) is 10.2 Å². The first-order valence-corrected chi connectivity index (χ1v) is 8.19. The molecule has 0 aliphatic heterocycles. The minimum atomic E-state index is -1.28. The fourth-order valence-corrected chi connectivity index (χ4v) is 2.38. The summed E-state index contributed by atoms with van der Waals surface area (Å²) < 4.78 is 0. The van der Waals surface area contributed by atoms with Gasteiger partial charge in [-0.25, -0.2) is 14.8 Å². The minimum absolute atomic E-state index is 0.194. The first-order chi connectivity index (χ1) is 12.7. The number of carboxylic acids is 2. The molecule has 2 aromatic rings. The summed E-state index contributed by atoms with van der Waals surface area (Å²) in [7, 11) is 0. The molecule has 0 fully saturated rings. The van der Waals surface area contributed by atoms with E-state index < -0.39 is 23.9 Å². The number of carbonyl (C=O) groups excluding carboxylic acids is 1. The third-order valence-corrected chi connectivity index (χ3v) is 3.64. The Morgan fingerprint density at radius 1 is 1.04 bits per heavy atom. The lowest BCUT2D eigenvalue weighted by atomic mass is 10.1. The van der Waals surface area contributed by atoms with Crippen molar-refractivity contribution in [2.45, 2.75) is 32.7 Å². The van der Waals surface area contributed by atoms with Crippen molar-refractivity contribution < 1.29 is 24.6 Å². The second-order valence-electron chi connectivity index (χ2n) is 5.97. The van der Waals surface area contributed by atoms with E-state index in [1.54, 1.807) is 12.1 Å². The van der Waals surface area contributed by atoms with Crippen LogP contribution in [0.25, 0.3) is 0 Å². The quantitative estimate of drug-likeness (QED) is 0.550. The Balaban J connectivity index is 2.03. The summed E-state index contributed by atoms with van der Waals surface area (Å²) in [5, 5.41) is 23.1. The third-order valence-electron chi connectivity index (χ3n) is 3.64. The van der Waals surface area contributed by atoms with Gasteiger partial charge in [0.15, 0.2) is 0 Å². The van der Waals surface area contributed by atoms with Gasteiger partial charge in [0.25, 0.3) is 5.91 Å². The molecule has 0 saturated carbocycles. The molecule has 27 heavy (non-hydrogen) atoms. The van der Waals surface area contributed by atoms with Crippen LogP contribution in [0.5, 0.6) is 0 Å². The number of benzene rings is 1. The van der Waals surface area contributed by atoms with Crippen molar-refractivity contribution in [1.29, 1.82) is 0 Å². The average Bonchev–Trinajstić information content (AvgIpc) is 2.57. The molecule has 1 aromatic heterocycles. The molecule has 9 heteroatoms. The van der Waals surface area contributed by atoms with Gasteiger partial charge >= 0.3 is 11.9 Å². The molecule has 0 aliphatic rings. The topological polar surface area (TPSA) is 142 Å². The first kappa shape index (κ1) is 19.8. The maximum Gasteiger partial charge on any atom is 0.326 e. The number of aliphatic carboxylic acids is 2. The van der Waals surface area contributed by atoms with Crippen molar-refractivity contribution in [3.05, 3.63) is 47.3 Å². The van der Waals surface area contributed by atoms with Crippen molar-refractivity contribution in [2.75, 3.05) is 5.32 Å². The first-order valence-electron chi connectivity index (χ1n) is 8.19. The predicted octanol–water partition coefficient (Wildman–Crippen LogP) is 1.88. The SMILES string of the molecule is Cc1cc(C)nc(Nc2ccc(C(=O)NC(CCC(=O)O)C(=O)O)cc2)n1. The van der Waals surface area contributed by atoms with Crippen LogP contribution in [0.4, 0.5) is 11.6 Å². The number of nitrogens with one attached hydrogen (secondary N) is 2. The summed E-state index contributed by atoms with van der Waals surface area (Å²) in [6.45, 7) is 3.72. The van der Waals surface area contributed by atoms with E-state index in [9.17, 15) is 14.4 Å². The standard InChI is InChI=1S/C18H20N4O5/c1-10-9-11(2)20-18(19-10)21-13-5-3-12(4-6-13)16(25)22-14(17(26)27)7-8-15(23)24/h3-6,9,14H,7-8H2,1-2H3,(H,22,25)(H,23,24)(H,26,27)(H,19,20,21). The van der Waals surface area contributed by atoms with E-state index in [1.807, 2.05) is 19.9 Å². The van der Waals surface area contributed by atoms with E-state index in [-0.39, 0.29) is 18.4 Å². The summed E-state index contributed by atoms with van der Waals surface area (Å²) in [6, 6.07) is 6.91. The van der Waals surface area contributed by atoms with Crippen LogP contribution in [0.2, 0.25) is 0 Å². The molecule has 0 aliphatic carbocycles. The molecular weight excluding hydrogens is 352 g/mol. The molecule has 1 heterocycles. The summed E-state index contributed by atoms with van der Waals surface area (Å²) in [4.78, 5) is 42.5. The van der Waals surface area contributed by atoms with Gasteiger partial charge in [0.2, 0.25) is 5.95 Å². The van der Waals surface area contributed by atoms with Crippen LogP contribution in [0.1, 0.15) is 34.6 Å². The number of amides is 1. The van der Waals surface area contributed by atoms with Crippen LogP contribution in [0.3, 0.4) is 0 Å². The van der Waals surface area contributed by atoms with Crippen LogP contribution < -0.4 is 10.6 Å². The van der Waals surface area contributed by atoms with Crippen molar-refractivity contribution in [2.24, 2.45) is 0 Å². The summed E-state index contributed by atoms with van der Waals surface area (Å²) >= 11 is 0. The predicted molar refractivity (Wildman–Crippen MR) is 97.0 cm³/mol. The van der Waals surface area contributed by atoms with Gasteiger partial charge in [0, 0.05) is 29.1 Å². The zero-order valence-electron chi connectivity index (χ0n) is 14.9. The maximum atomic E-state index is 12.2. The number of rotatable bonds is 8. The zero-order valence-corrected chi connectivity index (χ0v) is 14.9. The third kappa shape index (κ3) is 6.07. The summed E-state index contributed by atoms with van der Waals surface area (Å²) in [5.74, 6) is -2.57. The van der Waals surface area contributed by atoms with E-state index in [0.717, 1.165) is 11.4 Å². The maximum absolute atomic E-state index is 12.2. The van der Waals surface area contributed by atoms with Gasteiger partial charge in [-0.1, -0.05) is 0 Å². The molecule has 1 amide bonds. The molecule has 142 valence electrons. The lowest BCUT2D eigenvalue weighted by molar-refractivity contribution is -0.140. The number of anilines is 2. The molecule has 0 saturated heterocycles. The van der Waals surface area contributed by atoms with Crippen molar-refractivity contribution in [3.8, 4) is 0 Å². The highest BCUT2D eigenvalue weighted by Gasteiger charge is 2.21. The number of aryl methyl sites for hydroxylation is 2. The number of aromatic nitrogens is 2. The summed E-state index contributed by atoms with van der Waals surface area (Å²) in [6.07, 6.45) is -0.546. The zero-order chi connectivity index (χ0) is 20.0. The highest BCUT2D eigenvalue weighted by molar-refractivity contribution is 5.97. The molecule has 1 aromatic carbocycles. The summed E-state index contributed by atoms with van der Waals surface area (Å²) in [5.41, 5.74) is 2.56. The Bertz CT molecular complexity index is 831. The molecule has 1 atom stereocenters. The Morgan fingerprint density at radius 2 is 1.63 bits per heavy atom. The molecule has 2 rings (SSSR count). The number of carboxylic acid groups (broad SMARTS) is 2. The highest BCUT2D eigenvalue weighted by Crippen LogP contribution is 2.15. The minimum Gasteiger partial charge on any atom is -0.481 e. The fraction of sp³-hybridized carbons (Fsp3) is 0.278. The van der Waals surface area contributed by atoms with Crippen LogP contribution in [-0.2, 0) is 9.59 Å². The van der Waals surface area contributed by atoms with Crippen LogP contribution in [-0.4, -0.2) is 44.1 Å². The molecular formula is C18H20N4O5. The van der Waals surface area contributed by atoms with Crippen molar-refractivity contribution in [3.63, 3.8) is 0 Å². The average molecular weight is 372 g/mol. The Hall–Kier alpha value is -3.49. The van der Waals surface area contributed by atoms with Crippen LogP contribution in [0, 0.1) is 13.8 Å². The molecule has 4 N–H and O–H groups in total. The second-order valence-corrected chi connectivity index (χ2v) is 5.97. The van der Waals surface area contributed by atoms with Crippen molar-refractivity contribution in [1.82, 2.24) is 15.3 Å². The lowest BCUT2D eigenvalue weighted by Gasteiger charge is -2.14. The molecule has 1 unspecified atom stereocenters. The van der Waals surface area contributed by atoms with Gasteiger partial charge in [-0.3, -0.25) is 9.59 Å². The highest BCUT2D eigenvalue weighted by atomic mass is 16.4. The smallest absolute Gasteiger partial charge is 0.326 e. The molecule has 0 spiro atoms. The van der Waals surface area contributed by atoms with Crippen LogP contribution in [0.15, 0.2) is 30.3 Å². The van der Waals surface area contributed by atoms with Crippen molar-refractivity contribution >= 4 is 29.5 Å². The van der Waals surface area contributed by atoms with E-state index in [2.05, 4.69) is 20.6 Å². The molecule has 0 bridgehead atoms. The normalized spacial score (nSPS) is 11.5. The van der Waals surface area contributed by atoms with Gasteiger partial charge < -0.3 is 20.8 Å². The van der Waals surface area contributed by atoms with Crippen LogP contribution >= 0.6 is 0 Å².